The van der Waals surface area contributed by atoms with Gasteiger partial charge in [-0.3, -0.25) is 4.98 Å². The highest BCUT2D eigenvalue weighted by atomic mass is 28.2. The third kappa shape index (κ3) is 5.72. The molecular weight excluding hydrogens is 465 g/mol. The van der Waals surface area contributed by atoms with Crippen LogP contribution >= 0.6 is 0 Å². The first-order valence-corrected chi connectivity index (χ1v) is 14.0. The van der Waals surface area contributed by atoms with Gasteiger partial charge < -0.3 is 4.57 Å². The van der Waals surface area contributed by atoms with Gasteiger partial charge in [-0.25, -0.2) is 8.78 Å². The third-order valence-electron chi connectivity index (χ3n) is 6.58. The summed E-state index contributed by atoms with van der Waals surface area (Å²) >= 11 is 0. The van der Waals surface area contributed by atoms with Gasteiger partial charge in [-0.05, 0) is 57.9 Å². The van der Waals surface area contributed by atoms with Gasteiger partial charge in [0.2, 0.25) is 7.28 Å². The lowest BCUT2D eigenvalue weighted by molar-refractivity contribution is 0.626. The molecule has 0 fully saturated rings. The molecular formula is C30H26BF2N2Si. The second-order valence-corrected chi connectivity index (χ2v) is 10.7. The first kappa shape index (κ1) is 23.9. The molecule has 0 saturated heterocycles. The average Bonchev–Trinajstić information content (AvgIpc) is 3.37. The molecule has 1 heterocycles. The molecule has 0 aliphatic rings. The molecule has 0 amide bonds. The fourth-order valence-electron chi connectivity index (χ4n) is 4.71. The van der Waals surface area contributed by atoms with Crippen molar-refractivity contribution in [3.8, 4) is 0 Å². The van der Waals surface area contributed by atoms with Gasteiger partial charge in [-0.2, -0.15) is 0 Å². The van der Waals surface area contributed by atoms with E-state index in [2.05, 4.69) is 65.4 Å². The fraction of sp³-hybridized carbons (Fsp3) is 0.100. The van der Waals surface area contributed by atoms with Gasteiger partial charge >= 0.3 is 0 Å². The van der Waals surface area contributed by atoms with Crippen LogP contribution < -0.4 is 5.72 Å². The van der Waals surface area contributed by atoms with E-state index >= 15 is 0 Å². The molecule has 177 valence electrons. The standard InChI is InChI=1S/C30H26BF2N2Si/c32-26-15-11-24(12-16-26)29(25-13-17-27(33)18-14-25)36-21-35-20-19-34-30(35)31-28(22-7-3-1-4-8-22)23-9-5-2-6-10-23/h1-20,28-29H,21,36H2. The third-order valence-corrected chi connectivity index (χ3v) is 8.84. The van der Waals surface area contributed by atoms with E-state index in [0.29, 0.717) is 0 Å². The van der Waals surface area contributed by atoms with Crippen molar-refractivity contribution in [3.63, 3.8) is 0 Å². The summed E-state index contributed by atoms with van der Waals surface area (Å²) in [4.78, 5) is 4.68. The second-order valence-electron chi connectivity index (χ2n) is 8.89. The molecule has 5 aromatic rings. The van der Waals surface area contributed by atoms with Crippen molar-refractivity contribution in [1.29, 1.82) is 0 Å². The Bertz CT molecular complexity index is 1290. The summed E-state index contributed by atoms with van der Waals surface area (Å²) in [6, 6.07) is 34.3. The van der Waals surface area contributed by atoms with Crippen molar-refractivity contribution in [2.75, 3.05) is 0 Å². The molecule has 0 N–H and O–H groups in total. The van der Waals surface area contributed by atoms with Gasteiger partial charge in [0.1, 0.15) is 11.6 Å². The lowest BCUT2D eigenvalue weighted by Crippen LogP contribution is -2.33. The SMILES string of the molecule is Fc1ccc(C([SiH2]Cn2ccnc2[B]C(c2ccccc2)c2ccccc2)c2ccc(F)cc2)cc1. The normalized spacial score (nSPS) is 11.6. The molecule has 0 aliphatic carbocycles. The van der Waals surface area contributed by atoms with E-state index in [1.165, 1.54) is 35.4 Å². The van der Waals surface area contributed by atoms with Crippen molar-refractivity contribution in [3.05, 3.63) is 155 Å². The number of aromatic nitrogens is 2. The average molecular weight is 491 g/mol. The topological polar surface area (TPSA) is 17.8 Å². The van der Waals surface area contributed by atoms with E-state index in [1.54, 1.807) is 0 Å². The number of imidazole rings is 1. The largest absolute Gasteiger partial charge is 0.347 e. The van der Waals surface area contributed by atoms with Gasteiger partial charge in [0.15, 0.2) is 0 Å². The van der Waals surface area contributed by atoms with Crippen molar-refractivity contribution in [2.24, 2.45) is 0 Å². The highest BCUT2D eigenvalue weighted by molar-refractivity contribution is 6.54. The zero-order valence-corrected chi connectivity index (χ0v) is 21.3. The lowest BCUT2D eigenvalue weighted by Gasteiger charge is -2.20. The zero-order valence-electron chi connectivity index (χ0n) is 19.8. The van der Waals surface area contributed by atoms with Crippen LogP contribution in [0.5, 0.6) is 0 Å². The Labute approximate surface area is 213 Å². The second kappa shape index (κ2) is 11.3. The summed E-state index contributed by atoms with van der Waals surface area (Å²) in [5.41, 5.74) is 5.62. The van der Waals surface area contributed by atoms with Crippen LogP contribution in [0, 0.1) is 11.6 Å². The Morgan fingerprint density at radius 1 is 0.667 bits per heavy atom. The molecule has 0 aliphatic heterocycles. The Balaban J connectivity index is 1.40. The van der Waals surface area contributed by atoms with Gasteiger partial charge in [0.05, 0.1) is 15.2 Å². The summed E-state index contributed by atoms with van der Waals surface area (Å²) < 4.78 is 29.4. The van der Waals surface area contributed by atoms with Gasteiger partial charge in [-0.1, -0.05) is 84.9 Å². The number of rotatable bonds is 9. The zero-order chi connectivity index (χ0) is 24.7. The van der Waals surface area contributed by atoms with Crippen molar-refractivity contribution in [2.45, 2.75) is 17.5 Å². The van der Waals surface area contributed by atoms with Gasteiger partial charge in [-0.15, -0.1) is 0 Å². The van der Waals surface area contributed by atoms with Crippen molar-refractivity contribution >= 4 is 22.5 Å². The Kier molecular flexibility index (Phi) is 7.53. The summed E-state index contributed by atoms with van der Waals surface area (Å²) in [5.74, 6) is -0.421. The maximum atomic E-state index is 13.6. The van der Waals surface area contributed by atoms with Crippen LogP contribution in [-0.2, 0) is 6.17 Å². The molecule has 1 radical (unpaired) electrons. The van der Waals surface area contributed by atoms with Crippen molar-refractivity contribution < 1.29 is 8.78 Å². The number of benzene rings is 4. The van der Waals surface area contributed by atoms with Gasteiger partial charge in [0, 0.05) is 18.6 Å². The fourth-order valence-corrected chi connectivity index (χ4v) is 6.83. The van der Waals surface area contributed by atoms with Crippen LogP contribution in [0.3, 0.4) is 0 Å². The van der Waals surface area contributed by atoms with E-state index < -0.39 is 9.52 Å². The van der Waals surface area contributed by atoms with E-state index in [-0.39, 0.29) is 23.0 Å². The first-order chi connectivity index (χ1) is 17.7. The molecule has 0 unspecified atom stereocenters. The molecule has 6 heteroatoms. The predicted molar refractivity (Wildman–Crippen MR) is 146 cm³/mol. The first-order valence-electron chi connectivity index (χ1n) is 12.1. The highest BCUT2D eigenvalue weighted by Gasteiger charge is 2.21. The molecule has 4 aromatic carbocycles. The maximum Gasteiger partial charge on any atom is 0.215 e. The number of halogens is 2. The van der Waals surface area contributed by atoms with Gasteiger partial charge in [0.25, 0.3) is 0 Å². The molecule has 2 nitrogen and oxygen atoms in total. The Hall–Kier alpha value is -3.77. The Morgan fingerprint density at radius 2 is 1.17 bits per heavy atom. The molecule has 0 saturated carbocycles. The molecule has 0 bridgehead atoms. The number of nitrogens with zero attached hydrogens (tertiary/aromatic N) is 2. The number of hydrogen-bond acceptors (Lipinski definition) is 1. The minimum atomic E-state index is -0.788. The van der Waals surface area contributed by atoms with E-state index in [4.69, 9.17) is 0 Å². The molecule has 5 rings (SSSR count). The quantitative estimate of drug-likeness (QED) is 0.260. The maximum absolute atomic E-state index is 13.6. The minimum absolute atomic E-state index is 0.0835. The van der Waals surface area contributed by atoms with E-state index in [9.17, 15) is 8.78 Å². The summed E-state index contributed by atoms with van der Waals surface area (Å²) in [7, 11) is 1.44. The van der Waals surface area contributed by atoms with Crippen molar-refractivity contribution in [1.82, 2.24) is 9.55 Å². The number of hydrogen-bond donors (Lipinski definition) is 0. The van der Waals surface area contributed by atoms with Crippen LogP contribution in [0.15, 0.2) is 122 Å². The van der Waals surface area contributed by atoms with Crippen LogP contribution in [0.4, 0.5) is 8.78 Å². The minimum Gasteiger partial charge on any atom is -0.347 e. The Morgan fingerprint density at radius 3 is 1.67 bits per heavy atom. The molecule has 0 spiro atoms. The van der Waals surface area contributed by atoms with Crippen LogP contribution in [0.1, 0.15) is 33.6 Å². The molecule has 36 heavy (non-hydrogen) atoms. The summed E-state index contributed by atoms with van der Waals surface area (Å²) in [6.45, 7) is 0. The smallest absolute Gasteiger partial charge is 0.215 e. The molecule has 0 atom stereocenters. The van der Waals surface area contributed by atoms with Crippen LogP contribution in [-0.4, -0.2) is 26.4 Å². The highest BCUT2D eigenvalue weighted by Crippen LogP contribution is 2.25. The summed E-state index contributed by atoms with van der Waals surface area (Å²) in [5, 5.41) is 0. The summed E-state index contributed by atoms with van der Waals surface area (Å²) in [6.07, 6.45) is 4.72. The van der Waals surface area contributed by atoms with Crippen LogP contribution in [0.2, 0.25) is 0 Å². The van der Waals surface area contributed by atoms with E-state index in [0.717, 1.165) is 23.0 Å². The van der Waals surface area contributed by atoms with Crippen LogP contribution in [0.25, 0.3) is 0 Å². The molecule has 1 aromatic heterocycles. The van der Waals surface area contributed by atoms with E-state index in [1.807, 2.05) is 48.8 Å². The lowest BCUT2D eigenvalue weighted by atomic mass is 9.58. The predicted octanol–water partition coefficient (Wildman–Crippen LogP) is 5.20. The monoisotopic (exact) mass is 491 g/mol.